The molecular formula is C27H27F3N4O5. The average Bonchev–Trinajstić information content (AvgIpc) is 2.89. The van der Waals surface area contributed by atoms with E-state index in [1.54, 1.807) is 48.5 Å². The molecule has 3 aromatic carbocycles. The van der Waals surface area contributed by atoms with Gasteiger partial charge in [-0.2, -0.15) is 13.2 Å². The van der Waals surface area contributed by atoms with Crippen LogP contribution in [0.2, 0.25) is 0 Å². The van der Waals surface area contributed by atoms with E-state index < -0.39 is 12.1 Å². The maximum atomic E-state index is 13.3. The summed E-state index contributed by atoms with van der Waals surface area (Å²) < 4.78 is 31.7. The fourth-order valence-electron chi connectivity index (χ4n) is 3.24. The molecule has 0 saturated heterocycles. The van der Waals surface area contributed by atoms with Crippen LogP contribution < -0.4 is 21.3 Å². The number of para-hydroxylation sites is 1. The highest BCUT2D eigenvalue weighted by Crippen LogP contribution is 2.22. The van der Waals surface area contributed by atoms with Crippen LogP contribution in [-0.4, -0.2) is 41.5 Å². The third-order valence-corrected chi connectivity index (χ3v) is 5.10. The molecule has 3 rings (SSSR count). The average molecular weight is 545 g/mol. The standard InChI is InChI=1S/C25H26N4O3.C2HF3O2/c1-17-11-12-21(14-23(17)27-18(2)30)28-24(31)16-29(22-9-4-3-5-10-22)25(32)20-8-6-7-19(13-20)15-26;3-2(4,5)1(6)7/h3-14H,15-16,26H2,1-2H3,(H,27,30)(H,28,31);(H,6,7). The van der Waals surface area contributed by atoms with Crippen LogP contribution in [0.5, 0.6) is 0 Å². The number of nitrogens with zero attached hydrogens (tertiary/aromatic N) is 1. The number of nitrogens with two attached hydrogens (primary N) is 1. The number of carbonyl (C=O) groups is 4. The molecule has 0 fully saturated rings. The number of anilines is 3. The molecule has 0 unspecified atom stereocenters. The topological polar surface area (TPSA) is 142 Å². The minimum absolute atomic E-state index is 0.182. The van der Waals surface area contributed by atoms with E-state index in [2.05, 4.69) is 10.6 Å². The van der Waals surface area contributed by atoms with Crippen molar-refractivity contribution in [3.05, 3.63) is 89.5 Å². The Bertz CT molecular complexity index is 1330. The van der Waals surface area contributed by atoms with Gasteiger partial charge < -0.3 is 21.5 Å². The first-order chi connectivity index (χ1) is 18.3. The van der Waals surface area contributed by atoms with Gasteiger partial charge in [-0.05, 0) is 54.4 Å². The molecule has 0 radical (unpaired) electrons. The zero-order chi connectivity index (χ0) is 29.2. The maximum Gasteiger partial charge on any atom is 0.490 e. The molecule has 0 bridgehead atoms. The first-order valence-electron chi connectivity index (χ1n) is 11.5. The number of halogens is 3. The minimum atomic E-state index is -5.08. The van der Waals surface area contributed by atoms with E-state index in [9.17, 15) is 27.6 Å². The number of amides is 3. The van der Waals surface area contributed by atoms with Crippen molar-refractivity contribution in [1.82, 2.24) is 0 Å². The van der Waals surface area contributed by atoms with Crippen molar-refractivity contribution in [2.75, 3.05) is 22.1 Å². The van der Waals surface area contributed by atoms with Crippen molar-refractivity contribution >= 4 is 40.8 Å². The second-order valence-corrected chi connectivity index (χ2v) is 8.19. The second kappa shape index (κ2) is 13.7. The van der Waals surface area contributed by atoms with Crippen LogP contribution in [0.15, 0.2) is 72.8 Å². The number of benzene rings is 3. The summed E-state index contributed by atoms with van der Waals surface area (Å²) in [6.45, 7) is 3.42. The van der Waals surface area contributed by atoms with Crippen molar-refractivity contribution in [3.8, 4) is 0 Å². The number of carboxylic acid groups (broad SMARTS) is 1. The predicted molar refractivity (Wildman–Crippen MR) is 140 cm³/mol. The van der Waals surface area contributed by atoms with Crippen LogP contribution in [0.25, 0.3) is 0 Å². The minimum Gasteiger partial charge on any atom is -0.475 e. The second-order valence-electron chi connectivity index (χ2n) is 8.19. The number of hydrogen-bond donors (Lipinski definition) is 4. The van der Waals surface area contributed by atoms with Crippen molar-refractivity contribution in [2.24, 2.45) is 5.73 Å². The third kappa shape index (κ3) is 9.59. The SMILES string of the molecule is CC(=O)Nc1cc(NC(=O)CN(C(=O)c2cccc(CN)c2)c2ccccc2)ccc1C.O=C(O)C(F)(F)F. The van der Waals surface area contributed by atoms with Crippen molar-refractivity contribution in [2.45, 2.75) is 26.6 Å². The molecule has 0 heterocycles. The van der Waals surface area contributed by atoms with Crippen molar-refractivity contribution in [3.63, 3.8) is 0 Å². The molecular weight excluding hydrogens is 517 g/mol. The van der Waals surface area contributed by atoms with Crippen molar-refractivity contribution < 1.29 is 37.5 Å². The largest absolute Gasteiger partial charge is 0.490 e. The Morgan fingerprint density at radius 3 is 2.13 bits per heavy atom. The lowest BCUT2D eigenvalue weighted by atomic mass is 10.1. The number of carbonyl (C=O) groups excluding carboxylic acids is 3. The fourth-order valence-corrected chi connectivity index (χ4v) is 3.24. The molecule has 0 aliphatic rings. The van der Waals surface area contributed by atoms with E-state index >= 15 is 0 Å². The Balaban J connectivity index is 0.000000673. The van der Waals surface area contributed by atoms with Crippen LogP contribution in [-0.2, 0) is 20.9 Å². The molecule has 0 spiro atoms. The van der Waals surface area contributed by atoms with Crippen molar-refractivity contribution in [1.29, 1.82) is 0 Å². The van der Waals surface area contributed by atoms with Gasteiger partial charge in [-0.15, -0.1) is 0 Å². The highest BCUT2D eigenvalue weighted by atomic mass is 19.4. The number of nitrogens with one attached hydrogen (secondary N) is 2. The van der Waals surface area contributed by atoms with Gasteiger partial charge in [-0.3, -0.25) is 19.3 Å². The lowest BCUT2D eigenvalue weighted by Gasteiger charge is -2.23. The number of alkyl halides is 3. The number of aliphatic carboxylic acids is 1. The number of carboxylic acids is 1. The number of rotatable bonds is 7. The van der Waals surface area contributed by atoms with Gasteiger partial charge in [0.05, 0.1) is 0 Å². The molecule has 206 valence electrons. The first kappa shape index (κ1) is 30.5. The summed E-state index contributed by atoms with van der Waals surface area (Å²) in [5.41, 5.74) is 9.61. The van der Waals surface area contributed by atoms with E-state index in [0.717, 1.165) is 11.1 Å². The lowest BCUT2D eigenvalue weighted by Crippen LogP contribution is -2.38. The Morgan fingerprint density at radius 2 is 1.56 bits per heavy atom. The smallest absolute Gasteiger partial charge is 0.475 e. The third-order valence-electron chi connectivity index (χ3n) is 5.10. The lowest BCUT2D eigenvalue weighted by molar-refractivity contribution is -0.192. The Morgan fingerprint density at radius 1 is 0.923 bits per heavy atom. The zero-order valence-electron chi connectivity index (χ0n) is 21.1. The summed E-state index contributed by atoms with van der Waals surface area (Å²) in [7, 11) is 0. The van der Waals surface area contributed by atoms with Gasteiger partial charge in [0.1, 0.15) is 6.54 Å². The molecule has 3 amide bonds. The molecule has 0 aromatic heterocycles. The van der Waals surface area contributed by atoms with Gasteiger partial charge in [0.2, 0.25) is 11.8 Å². The Hall–Kier alpha value is -4.71. The molecule has 0 aliphatic heterocycles. The molecule has 0 atom stereocenters. The van der Waals surface area contributed by atoms with E-state index in [-0.39, 0.29) is 24.3 Å². The highest BCUT2D eigenvalue weighted by molar-refractivity contribution is 6.10. The first-order valence-corrected chi connectivity index (χ1v) is 11.5. The number of hydrogen-bond acceptors (Lipinski definition) is 5. The zero-order valence-corrected chi connectivity index (χ0v) is 21.1. The molecule has 5 N–H and O–H groups in total. The Kier molecular flexibility index (Phi) is 10.7. The summed E-state index contributed by atoms with van der Waals surface area (Å²) in [6.07, 6.45) is -5.08. The van der Waals surface area contributed by atoms with Crippen LogP contribution >= 0.6 is 0 Å². The number of aryl methyl sites for hydroxylation is 1. The highest BCUT2D eigenvalue weighted by Gasteiger charge is 2.38. The monoisotopic (exact) mass is 544 g/mol. The molecule has 0 aliphatic carbocycles. The summed E-state index contributed by atoms with van der Waals surface area (Å²) in [5, 5.41) is 12.7. The van der Waals surface area contributed by atoms with Gasteiger partial charge in [-0.1, -0.05) is 36.4 Å². The van der Waals surface area contributed by atoms with E-state index in [4.69, 9.17) is 15.6 Å². The van der Waals surface area contributed by atoms with Crippen LogP contribution in [0, 0.1) is 6.92 Å². The summed E-state index contributed by atoms with van der Waals surface area (Å²) in [4.78, 5) is 47.9. The van der Waals surface area contributed by atoms with Gasteiger partial charge in [-0.25, -0.2) is 4.79 Å². The van der Waals surface area contributed by atoms with E-state index in [1.165, 1.54) is 11.8 Å². The Labute approximate surface area is 222 Å². The molecule has 3 aromatic rings. The normalized spacial score (nSPS) is 10.5. The fraction of sp³-hybridized carbons (Fsp3) is 0.185. The van der Waals surface area contributed by atoms with Gasteiger partial charge in [0, 0.05) is 36.1 Å². The molecule has 39 heavy (non-hydrogen) atoms. The summed E-state index contributed by atoms with van der Waals surface area (Å²) >= 11 is 0. The molecule has 12 heteroatoms. The van der Waals surface area contributed by atoms with Crippen LogP contribution in [0.1, 0.15) is 28.4 Å². The van der Waals surface area contributed by atoms with E-state index in [0.29, 0.717) is 29.2 Å². The predicted octanol–water partition coefficient (Wildman–Crippen LogP) is 4.33. The molecule has 9 nitrogen and oxygen atoms in total. The van der Waals surface area contributed by atoms with Gasteiger partial charge in [0.25, 0.3) is 5.91 Å². The van der Waals surface area contributed by atoms with Gasteiger partial charge >= 0.3 is 12.1 Å². The van der Waals surface area contributed by atoms with Crippen LogP contribution in [0.4, 0.5) is 30.2 Å². The quantitative estimate of drug-likeness (QED) is 0.349. The van der Waals surface area contributed by atoms with Gasteiger partial charge in [0.15, 0.2) is 0 Å². The maximum absolute atomic E-state index is 13.3. The summed E-state index contributed by atoms with van der Waals surface area (Å²) in [6, 6.07) is 21.3. The van der Waals surface area contributed by atoms with Crippen LogP contribution in [0.3, 0.4) is 0 Å². The summed E-state index contributed by atoms with van der Waals surface area (Å²) in [5.74, 6) is -3.62. The molecule has 0 saturated carbocycles. The van der Waals surface area contributed by atoms with E-state index in [1.807, 2.05) is 31.2 Å².